The van der Waals surface area contributed by atoms with Gasteiger partial charge in [0.05, 0.1) is 0 Å². The molecular formula is C16H23N2O6+. The fraction of sp³-hybridized carbons (Fsp3) is 0.625. The number of rotatable bonds is 3. The Morgan fingerprint density at radius 1 is 1.29 bits per heavy atom. The Hall–Kier alpha value is -1.58. The minimum Gasteiger partial charge on any atom is -0.479 e. The molecule has 0 unspecified atom stereocenters. The van der Waals surface area contributed by atoms with Crippen molar-refractivity contribution >= 4 is 5.97 Å². The van der Waals surface area contributed by atoms with Crippen molar-refractivity contribution in [2.45, 2.75) is 49.5 Å². The molecule has 3 heterocycles. The third-order valence-corrected chi connectivity index (χ3v) is 4.88. The van der Waals surface area contributed by atoms with Gasteiger partial charge in [-0.2, -0.15) is 4.57 Å². The molecule has 24 heavy (non-hydrogen) atoms. The molecule has 2 fully saturated rings. The van der Waals surface area contributed by atoms with E-state index in [1.165, 1.54) is 0 Å². The molecule has 2 aliphatic rings. The summed E-state index contributed by atoms with van der Waals surface area (Å²) in [6.07, 6.45) is -1.84. The average Bonchev–Trinajstić information content (AvgIpc) is 2.99. The number of ether oxygens (including phenoxy) is 1. The van der Waals surface area contributed by atoms with E-state index in [4.69, 9.17) is 9.84 Å². The van der Waals surface area contributed by atoms with Gasteiger partial charge in [0.25, 0.3) is 6.23 Å². The van der Waals surface area contributed by atoms with Gasteiger partial charge in [-0.3, -0.25) is 4.90 Å². The second-order valence-electron chi connectivity index (χ2n) is 6.48. The number of pyridine rings is 1. The molecule has 6 atom stereocenters. The SMILES string of the molecule is CN1CCC[C@H]1c1ccc[n+]([C@@H]2O[C@H](C(=O)O)[C@@H](O)[C@H](O)[C@H]2O)c1. The number of aliphatic hydroxyl groups excluding tert-OH is 3. The largest absolute Gasteiger partial charge is 0.479 e. The van der Waals surface area contributed by atoms with E-state index in [1.54, 1.807) is 23.0 Å². The monoisotopic (exact) mass is 339 g/mol. The van der Waals surface area contributed by atoms with Crippen LogP contribution in [0.25, 0.3) is 0 Å². The third kappa shape index (κ3) is 3.03. The Morgan fingerprint density at radius 2 is 2.04 bits per heavy atom. The standard InChI is InChI=1S/C16H22N2O6/c1-17-6-3-5-10(17)9-4-2-7-18(8-9)15-13(21)11(19)12(20)14(24-15)16(22)23/h2,4,7-8,10-15,19-21H,3,5-6H2,1H3/p+1/t10-,11-,12-,13+,14-,15+/m0/s1. The van der Waals surface area contributed by atoms with Crippen LogP contribution in [0.3, 0.4) is 0 Å². The van der Waals surface area contributed by atoms with Crippen LogP contribution in [0.15, 0.2) is 24.5 Å². The van der Waals surface area contributed by atoms with E-state index in [1.807, 2.05) is 13.1 Å². The van der Waals surface area contributed by atoms with Gasteiger partial charge in [0.15, 0.2) is 24.6 Å². The highest BCUT2D eigenvalue weighted by Gasteiger charge is 2.51. The maximum Gasteiger partial charge on any atom is 0.335 e. The van der Waals surface area contributed by atoms with Crippen molar-refractivity contribution in [1.29, 1.82) is 0 Å². The molecule has 0 aliphatic carbocycles. The van der Waals surface area contributed by atoms with Gasteiger partial charge >= 0.3 is 5.97 Å². The van der Waals surface area contributed by atoms with Crippen molar-refractivity contribution in [3.8, 4) is 0 Å². The molecule has 132 valence electrons. The van der Waals surface area contributed by atoms with E-state index in [-0.39, 0.29) is 6.04 Å². The molecule has 4 N–H and O–H groups in total. The van der Waals surface area contributed by atoms with Gasteiger partial charge in [-0.1, -0.05) is 0 Å². The number of aliphatic carboxylic acids is 1. The molecule has 8 nitrogen and oxygen atoms in total. The molecule has 0 aromatic carbocycles. The van der Waals surface area contributed by atoms with E-state index >= 15 is 0 Å². The van der Waals surface area contributed by atoms with Gasteiger partial charge in [-0.15, -0.1) is 0 Å². The maximum atomic E-state index is 11.2. The Kier molecular flexibility index (Phi) is 4.84. The summed E-state index contributed by atoms with van der Waals surface area (Å²) in [5.41, 5.74) is 1.03. The summed E-state index contributed by atoms with van der Waals surface area (Å²) in [5.74, 6) is -1.38. The lowest BCUT2D eigenvalue weighted by atomic mass is 9.97. The van der Waals surface area contributed by atoms with Crippen LogP contribution in [0.1, 0.15) is 30.7 Å². The Balaban J connectivity index is 1.88. The first-order valence-corrected chi connectivity index (χ1v) is 8.03. The van der Waals surface area contributed by atoms with Crippen LogP contribution >= 0.6 is 0 Å². The van der Waals surface area contributed by atoms with Crippen LogP contribution in [-0.4, -0.2) is 69.3 Å². The lowest BCUT2D eigenvalue weighted by Gasteiger charge is -2.35. The summed E-state index contributed by atoms with van der Waals surface area (Å²) in [6, 6.07) is 4.02. The smallest absolute Gasteiger partial charge is 0.335 e. The molecule has 0 radical (unpaired) electrons. The first kappa shape index (κ1) is 17.2. The summed E-state index contributed by atoms with van der Waals surface area (Å²) in [5, 5.41) is 39.1. The lowest BCUT2D eigenvalue weighted by molar-refractivity contribution is -0.777. The minimum atomic E-state index is -1.68. The number of aromatic nitrogens is 1. The number of carboxylic acids is 1. The Bertz CT molecular complexity index is 612. The van der Waals surface area contributed by atoms with E-state index in [0.717, 1.165) is 24.9 Å². The van der Waals surface area contributed by atoms with Gasteiger partial charge in [0, 0.05) is 17.7 Å². The van der Waals surface area contributed by atoms with Crippen LogP contribution in [0.4, 0.5) is 0 Å². The lowest BCUT2D eigenvalue weighted by Crippen LogP contribution is -2.63. The molecule has 2 saturated heterocycles. The molecule has 1 aromatic rings. The van der Waals surface area contributed by atoms with Crippen molar-refractivity contribution < 1.29 is 34.5 Å². The summed E-state index contributed by atoms with van der Waals surface area (Å²) < 4.78 is 6.92. The number of aliphatic hydroxyl groups is 3. The zero-order valence-electron chi connectivity index (χ0n) is 13.4. The number of likely N-dealkylation sites (tertiary alicyclic amines) is 1. The first-order chi connectivity index (χ1) is 11.4. The summed E-state index contributed by atoms with van der Waals surface area (Å²) in [4.78, 5) is 13.5. The van der Waals surface area contributed by atoms with Crippen LogP contribution < -0.4 is 4.57 Å². The minimum absolute atomic E-state index is 0.254. The number of hydrogen-bond acceptors (Lipinski definition) is 6. The summed E-state index contributed by atoms with van der Waals surface area (Å²) >= 11 is 0. The predicted octanol–water partition coefficient (Wildman–Crippen LogP) is -1.19. The number of nitrogens with zero attached hydrogens (tertiary/aromatic N) is 2. The van der Waals surface area contributed by atoms with Gasteiger partial charge in [-0.25, -0.2) is 4.79 Å². The molecule has 0 spiro atoms. The van der Waals surface area contributed by atoms with Crippen LogP contribution in [0.2, 0.25) is 0 Å². The van der Waals surface area contributed by atoms with E-state index in [0.29, 0.717) is 0 Å². The molecule has 2 aliphatic heterocycles. The van der Waals surface area contributed by atoms with Crippen LogP contribution in [0, 0.1) is 0 Å². The maximum absolute atomic E-state index is 11.2. The fourth-order valence-corrected chi connectivity index (χ4v) is 3.51. The molecule has 0 amide bonds. The number of hydrogen-bond donors (Lipinski definition) is 4. The molecule has 1 aromatic heterocycles. The van der Waals surface area contributed by atoms with Crippen LogP contribution in [-0.2, 0) is 9.53 Å². The topological polar surface area (TPSA) is 114 Å². The first-order valence-electron chi connectivity index (χ1n) is 8.03. The van der Waals surface area contributed by atoms with Crippen molar-refractivity contribution in [3.63, 3.8) is 0 Å². The average molecular weight is 339 g/mol. The Morgan fingerprint density at radius 3 is 2.67 bits per heavy atom. The second-order valence-corrected chi connectivity index (χ2v) is 6.48. The molecule has 8 heteroatoms. The van der Waals surface area contributed by atoms with Crippen molar-refractivity contribution in [2.24, 2.45) is 0 Å². The van der Waals surface area contributed by atoms with Crippen LogP contribution in [0.5, 0.6) is 0 Å². The zero-order valence-corrected chi connectivity index (χ0v) is 13.4. The van der Waals surface area contributed by atoms with Gasteiger partial charge in [0.1, 0.15) is 12.2 Å². The quantitative estimate of drug-likeness (QED) is 0.512. The van der Waals surface area contributed by atoms with Crippen molar-refractivity contribution in [2.75, 3.05) is 13.6 Å². The third-order valence-electron chi connectivity index (χ3n) is 4.88. The Labute approximate surface area is 139 Å². The van der Waals surface area contributed by atoms with E-state index < -0.39 is 36.6 Å². The molecule has 0 bridgehead atoms. The molecular weight excluding hydrogens is 316 g/mol. The normalized spacial score (nSPS) is 37.5. The highest BCUT2D eigenvalue weighted by atomic mass is 16.6. The molecule has 0 saturated carbocycles. The van der Waals surface area contributed by atoms with E-state index in [9.17, 15) is 20.1 Å². The van der Waals surface area contributed by atoms with Crippen molar-refractivity contribution in [1.82, 2.24) is 4.90 Å². The summed E-state index contributed by atoms with van der Waals surface area (Å²) in [6.45, 7) is 1.01. The summed E-state index contributed by atoms with van der Waals surface area (Å²) in [7, 11) is 2.04. The van der Waals surface area contributed by atoms with E-state index in [2.05, 4.69) is 4.90 Å². The second kappa shape index (κ2) is 6.73. The highest BCUT2D eigenvalue weighted by Crippen LogP contribution is 2.30. The number of carbonyl (C=O) groups is 1. The zero-order chi connectivity index (χ0) is 17.4. The molecule has 3 rings (SSSR count). The number of carboxylic acid groups (broad SMARTS) is 1. The van der Waals surface area contributed by atoms with Crippen molar-refractivity contribution in [3.05, 3.63) is 30.1 Å². The van der Waals surface area contributed by atoms with Gasteiger partial charge in [-0.05, 0) is 32.5 Å². The predicted molar refractivity (Wildman–Crippen MR) is 80.8 cm³/mol. The highest BCUT2D eigenvalue weighted by molar-refractivity contribution is 5.73. The van der Waals surface area contributed by atoms with Gasteiger partial charge in [0.2, 0.25) is 0 Å². The van der Waals surface area contributed by atoms with Gasteiger partial charge < -0.3 is 25.2 Å². The fourth-order valence-electron chi connectivity index (χ4n) is 3.51.